The molecule has 110 valence electrons. The molecule has 0 aromatic heterocycles. The van der Waals surface area contributed by atoms with Crippen molar-refractivity contribution in [3.63, 3.8) is 0 Å². The zero-order chi connectivity index (χ0) is 14.3. The molecule has 0 aliphatic rings. The zero-order valence-electron chi connectivity index (χ0n) is 12.5. The fourth-order valence-electron chi connectivity index (χ4n) is 2.63. The molecule has 0 aliphatic carbocycles. The Hall–Kier alpha value is -1.25. The summed E-state index contributed by atoms with van der Waals surface area (Å²) in [6.07, 6.45) is 0. The van der Waals surface area contributed by atoms with Gasteiger partial charge in [0.15, 0.2) is 0 Å². The van der Waals surface area contributed by atoms with Crippen LogP contribution in [0.1, 0.15) is 11.1 Å². The summed E-state index contributed by atoms with van der Waals surface area (Å²) in [5.41, 5.74) is 2.98. The summed E-state index contributed by atoms with van der Waals surface area (Å²) < 4.78 is 4.18. The van der Waals surface area contributed by atoms with E-state index >= 15 is 0 Å². The van der Waals surface area contributed by atoms with Gasteiger partial charge in [0, 0.05) is 0 Å². The van der Waals surface area contributed by atoms with Crippen LogP contribution in [0, 0.1) is 0 Å². The van der Waals surface area contributed by atoms with E-state index in [0.717, 1.165) is 0 Å². The average Bonchev–Trinajstić information content (AvgIpc) is 2.57. The Bertz CT molecular complexity index is 612. The Morgan fingerprint density at radius 3 is 1.27 bits per heavy atom. The van der Waals surface area contributed by atoms with Gasteiger partial charge in [-0.25, -0.2) is 0 Å². The predicted molar refractivity (Wildman–Crippen MR) is 92.1 cm³/mol. The van der Waals surface area contributed by atoms with Crippen LogP contribution in [0.3, 0.4) is 0 Å². The first-order valence-corrected chi connectivity index (χ1v) is 12.9. The van der Waals surface area contributed by atoms with E-state index in [2.05, 4.69) is 91.0 Å². The van der Waals surface area contributed by atoms with Gasteiger partial charge in [0.05, 0.1) is 0 Å². The summed E-state index contributed by atoms with van der Waals surface area (Å²) in [7, 11) is 0. The number of hydrogen-bond acceptors (Lipinski definition) is 0. The number of hydrogen-bond donors (Lipinski definition) is 0. The number of halogens is 1. The second-order valence-corrected chi connectivity index (χ2v) is 12.4. The first-order valence-electron chi connectivity index (χ1n) is 7.40. The Kier molecular flexibility index (Phi) is 7.01. The Labute approximate surface area is 146 Å². The third-order valence-corrected chi connectivity index (χ3v) is 11.8. The van der Waals surface area contributed by atoms with E-state index in [1.807, 2.05) is 0 Å². The topological polar surface area (TPSA) is 0 Å². The summed E-state index contributed by atoms with van der Waals surface area (Å²) >= 11 is -1.70. The van der Waals surface area contributed by atoms with Gasteiger partial charge in [-0.3, -0.25) is 0 Å². The Morgan fingerprint density at radius 1 is 0.500 bits per heavy atom. The summed E-state index contributed by atoms with van der Waals surface area (Å²) in [4.78, 5) is 0. The Morgan fingerprint density at radius 2 is 0.864 bits per heavy atom. The van der Waals surface area contributed by atoms with Crippen molar-refractivity contribution in [1.29, 1.82) is 0 Å². The van der Waals surface area contributed by atoms with E-state index in [-0.39, 0.29) is 12.4 Å². The van der Waals surface area contributed by atoms with Gasteiger partial charge in [-0.15, -0.1) is 0 Å². The van der Waals surface area contributed by atoms with Crippen molar-refractivity contribution < 1.29 is 12.4 Å². The van der Waals surface area contributed by atoms with Gasteiger partial charge in [-0.2, -0.15) is 0 Å². The van der Waals surface area contributed by atoms with Crippen LogP contribution in [0.15, 0.2) is 91.0 Å². The van der Waals surface area contributed by atoms with E-state index in [1.54, 1.807) is 3.58 Å². The third-order valence-electron chi connectivity index (χ3n) is 3.70. The van der Waals surface area contributed by atoms with E-state index in [1.165, 1.54) is 20.0 Å². The average molecular weight is 414 g/mol. The monoisotopic (exact) mass is 414 g/mol. The first-order chi connectivity index (χ1) is 10.4. The van der Waals surface area contributed by atoms with Crippen molar-refractivity contribution in [1.82, 2.24) is 0 Å². The van der Waals surface area contributed by atoms with Gasteiger partial charge < -0.3 is 12.4 Å². The number of benzene rings is 3. The third kappa shape index (κ3) is 4.89. The minimum atomic E-state index is -1.70. The van der Waals surface area contributed by atoms with Gasteiger partial charge >= 0.3 is 134 Å². The normalized spacial score (nSPS) is 9.82. The molecule has 0 bridgehead atoms. The molecule has 0 saturated carbocycles. The van der Waals surface area contributed by atoms with Crippen LogP contribution >= 0.6 is 0 Å². The molecular weight excluding hydrogens is 394 g/mol. The van der Waals surface area contributed by atoms with Crippen LogP contribution in [-0.2, 0) is 8.87 Å². The van der Waals surface area contributed by atoms with E-state index in [0.29, 0.717) is 0 Å². The van der Waals surface area contributed by atoms with Gasteiger partial charge in [0.2, 0.25) is 0 Å². The first kappa shape index (κ1) is 17.1. The molecule has 0 atom stereocenters. The molecule has 2 heteroatoms. The van der Waals surface area contributed by atoms with Crippen LogP contribution < -0.4 is 16.0 Å². The minimum absolute atomic E-state index is 0. The molecule has 3 aromatic rings. The molecule has 3 aromatic carbocycles. The summed E-state index contributed by atoms with van der Waals surface area (Å²) in [5, 5.41) is 0. The molecule has 0 amide bonds. The maximum absolute atomic E-state index is 2.33. The molecule has 0 nitrogen and oxygen atoms in total. The fourth-order valence-corrected chi connectivity index (χ4v) is 10.2. The van der Waals surface area contributed by atoms with Gasteiger partial charge in [-0.1, -0.05) is 0 Å². The van der Waals surface area contributed by atoms with Gasteiger partial charge in [-0.05, 0) is 0 Å². The van der Waals surface area contributed by atoms with Crippen LogP contribution in [-0.4, -0.2) is 19.8 Å². The molecular formula is C20H19ClSn. The molecule has 0 unspecified atom stereocenters. The van der Waals surface area contributed by atoms with Crippen LogP contribution in [0.25, 0.3) is 0 Å². The van der Waals surface area contributed by atoms with Crippen LogP contribution in [0.5, 0.6) is 0 Å². The zero-order valence-corrected chi connectivity index (χ0v) is 16.1. The molecule has 0 N–H and O–H groups in total. The molecule has 0 saturated heterocycles. The second-order valence-electron chi connectivity index (χ2n) is 5.29. The van der Waals surface area contributed by atoms with Crippen molar-refractivity contribution in [3.8, 4) is 0 Å². The van der Waals surface area contributed by atoms with Crippen LogP contribution in [0.4, 0.5) is 0 Å². The van der Waals surface area contributed by atoms with Gasteiger partial charge in [0.1, 0.15) is 0 Å². The van der Waals surface area contributed by atoms with E-state index < -0.39 is 19.8 Å². The standard InChI is InChI=1S/2C7H7.C6H5.ClH.Sn/c2*1-7-5-3-2-4-6-7;1-2-4-6-5-3-1;;/h2*2-6H,1H2;1-5H;1H;/q;;;;+1/p-1. The molecule has 0 spiro atoms. The number of rotatable bonds is 5. The fraction of sp³-hybridized carbons (Fsp3) is 0.100. The summed E-state index contributed by atoms with van der Waals surface area (Å²) in [5.74, 6) is 0. The van der Waals surface area contributed by atoms with Crippen molar-refractivity contribution in [2.24, 2.45) is 0 Å². The van der Waals surface area contributed by atoms with Crippen molar-refractivity contribution in [2.45, 2.75) is 8.87 Å². The maximum atomic E-state index is 2.33. The van der Waals surface area contributed by atoms with E-state index in [9.17, 15) is 0 Å². The molecule has 3 rings (SSSR count). The summed E-state index contributed by atoms with van der Waals surface area (Å²) in [6, 6.07) is 33.1. The molecule has 0 heterocycles. The predicted octanol–water partition coefficient (Wildman–Crippen LogP) is 0.956. The van der Waals surface area contributed by atoms with Gasteiger partial charge in [0.25, 0.3) is 0 Å². The molecule has 22 heavy (non-hydrogen) atoms. The van der Waals surface area contributed by atoms with Crippen LogP contribution in [0.2, 0.25) is 0 Å². The quantitative estimate of drug-likeness (QED) is 0.547. The Balaban J connectivity index is 0.00000176. The molecule has 0 fully saturated rings. The van der Waals surface area contributed by atoms with Crippen molar-refractivity contribution in [2.75, 3.05) is 0 Å². The van der Waals surface area contributed by atoms with Crippen molar-refractivity contribution >= 4 is 23.3 Å². The van der Waals surface area contributed by atoms with Crippen molar-refractivity contribution in [3.05, 3.63) is 102 Å². The molecule has 0 aliphatic heterocycles. The van der Waals surface area contributed by atoms with E-state index in [4.69, 9.17) is 0 Å². The SMILES string of the molecule is [Cl-].c1ccc([CH2][Sn+]([CH2]c2ccccc2)[c]2ccccc2)cc1. The molecule has 0 radical (unpaired) electrons. The summed E-state index contributed by atoms with van der Waals surface area (Å²) in [6.45, 7) is 0. The second kappa shape index (κ2) is 9.02.